The van der Waals surface area contributed by atoms with Crippen LogP contribution in [0.15, 0.2) is 17.5 Å². The van der Waals surface area contributed by atoms with Gasteiger partial charge in [-0.2, -0.15) is 0 Å². The highest BCUT2D eigenvalue weighted by atomic mass is 32.1. The fraction of sp³-hybridized carbons (Fsp3) is 0.444. The van der Waals surface area contributed by atoms with Gasteiger partial charge in [-0.3, -0.25) is 9.59 Å². The maximum atomic E-state index is 13.0. The minimum atomic E-state index is -0.133. The Bertz CT molecular complexity index is 745. The molecule has 2 amide bonds. The van der Waals surface area contributed by atoms with Crippen molar-refractivity contribution in [3.8, 4) is 0 Å². The van der Waals surface area contributed by atoms with Crippen molar-refractivity contribution in [1.82, 2.24) is 4.90 Å². The van der Waals surface area contributed by atoms with Gasteiger partial charge in [-0.05, 0) is 49.6 Å². The van der Waals surface area contributed by atoms with Crippen LogP contribution in [-0.4, -0.2) is 29.8 Å². The predicted molar refractivity (Wildman–Crippen MR) is 100 cm³/mol. The molecule has 0 saturated heterocycles. The van der Waals surface area contributed by atoms with Crippen LogP contribution < -0.4 is 5.32 Å². The Balaban J connectivity index is 1.96. The van der Waals surface area contributed by atoms with Gasteiger partial charge < -0.3 is 10.2 Å². The first-order valence-corrected chi connectivity index (χ1v) is 10.0. The lowest BCUT2D eigenvalue weighted by atomic mass is 10.1. The summed E-state index contributed by atoms with van der Waals surface area (Å²) in [5, 5.41) is 5.58. The molecule has 4 nitrogen and oxygen atoms in total. The zero-order valence-electron chi connectivity index (χ0n) is 14.2. The first-order valence-electron chi connectivity index (χ1n) is 8.33. The van der Waals surface area contributed by atoms with Crippen molar-refractivity contribution in [1.29, 1.82) is 0 Å². The number of hydrogen-bond donors (Lipinski definition) is 1. The molecule has 24 heavy (non-hydrogen) atoms. The van der Waals surface area contributed by atoms with Crippen LogP contribution in [0.25, 0.3) is 0 Å². The van der Waals surface area contributed by atoms with Crippen LogP contribution in [0.3, 0.4) is 0 Å². The zero-order valence-corrected chi connectivity index (χ0v) is 15.9. The van der Waals surface area contributed by atoms with Crippen molar-refractivity contribution in [2.75, 3.05) is 18.4 Å². The van der Waals surface area contributed by atoms with E-state index in [2.05, 4.69) is 12.2 Å². The summed E-state index contributed by atoms with van der Waals surface area (Å²) in [6.07, 6.45) is 1.91. The van der Waals surface area contributed by atoms with Crippen molar-refractivity contribution < 1.29 is 9.59 Å². The van der Waals surface area contributed by atoms with Crippen molar-refractivity contribution in [2.45, 2.75) is 33.6 Å². The second-order valence-corrected chi connectivity index (χ2v) is 8.18. The Hall–Kier alpha value is -1.66. The molecule has 1 atom stereocenters. The second-order valence-electron chi connectivity index (χ2n) is 6.13. The molecule has 0 radical (unpaired) electrons. The largest absolute Gasteiger partial charge is 0.339 e. The fourth-order valence-electron chi connectivity index (χ4n) is 3.19. The van der Waals surface area contributed by atoms with Crippen LogP contribution in [0.2, 0.25) is 0 Å². The standard InChI is InChI=1S/C18H22N2O2S2/c1-4-20(5-2)18(22)15-12-9-11(3)10-14(12)24-17(15)19-16(21)13-7-6-8-23-13/h6-8,11H,4-5,9-10H2,1-3H3,(H,19,21). The molecule has 0 spiro atoms. The molecule has 2 aromatic heterocycles. The summed E-state index contributed by atoms with van der Waals surface area (Å²) >= 11 is 2.98. The van der Waals surface area contributed by atoms with Crippen LogP contribution in [0, 0.1) is 5.92 Å². The number of rotatable bonds is 5. The first kappa shape index (κ1) is 17.2. The number of hydrogen-bond acceptors (Lipinski definition) is 4. The molecule has 0 aromatic carbocycles. The topological polar surface area (TPSA) is 49.4 Å². The SMILES string of the molecule is CCN(CC)C(=O)c1c(NC(=O)c2cccs2)sc2c1CC(C)C2. The maximum absolute atomic E-state index is 13.0. The van der Waals surface area contributed by atoms with Crippen LogP contribution in [0.5, 0.6) is 0 Å². The van der Waals surface area contributed by atoms with Crippen LogP contribution in [-0.2, 0) is 12.8 Å². The third-order valence-corrected chi connectivity index (χ3v) is 6.45. The summed E-state index contributed by atoms with van der Waals surface area (Å²) in [5.41, 5.74) is 1.86. The molecule has 2 aromatic rings. The highest BCUT2D eigenvalue weighted by Gasteiger charge is 2.32. The molecule has 0 fully saturated rings. The Morgan fingerprint density at radius 3 is 2.67 bits per heavy atom. The van der Waals surface area contributed by atoms with E-state index in [-0.39, 0.29) is 11.8 Å². The molecule has 0 aliphatic heterocycles. The van der Waals surface area contributed by atoms with E-state index in [0.29, 0.717) is 34.4 Å². The number of fused-ring (bicyclic) bond motifs is 1. The van der Waals surface area contributed by atoms with E-state index in [4.69, 9.17) is 0 Å². The molecule has 0 saturated carbocycles. The molecule has 1 aliphatic carbocycles. The predicted octanol–water partition coefficient (Wildman–Crippen LogP) is 4.28. The molecule has 1 aliphatic rings. The van der Waals surface area contributed by atoms with Crippen molar-refractivity contribution >= 4 is 39.5 Å². The minimum absolute atomic E-state index is 0.0353. The third-order valence-electron chi connectivity index (χ3n) is 4.41. The number of amides is 2. The lowest BCUT2D eigenvalue weighted by Crippen LogP contribution is -2.31. The average Bonchev–Trinajstić information content (AvgIpc) is 3.24. The van der Waals surface area contributed by atoms with E-state index >= 15 is 0 Å². The van der Waals surface area contributed by atoms with E-state index in [1.165, 1.54) is 16.2 Å². The minimum Gasteiger partial charge on any atom is -0.339 e. The molecule has 6 heteroatoms. The van der Waals surface area contributed by atoms with Crippen LogP contribution in [0.1, 0.15) is 51.2 Å². The number of nitrogens with one attached hydrogen (secondary N) is 1. The highest BCUT2D eigenvalue weighted by Crippen LogP contribution is 2.41. The number of thiophene rings is 2. The summed E-state index contributed by atoms with van der Waals surface area (Å²) in [4.78, 5) is 29.2. The van der Waals surface area contributed by atoms with E-state index < -0.39 is 0 Å². The van der Waals surface area contributed by atoms with Crippen molar-refractivity contribution in [2.24, 2.45) is 5.92 Å². The first-order chi connectivity index (χ1) is 11.5. The van der Waals surface area contributed by atoms with Crippen LogP contribution >= 0.6 is 22.7 Å². The highest BCUT2D eigenvalue weighted by molar-refractivity contribution is 7.17. The van der Waals surface area contributed by atoms with Crippen molar-refractivity contribution in [3.63, 3.8) is 0 Å². The Morgan fingerprint density at radius 2 is 2.04 bits per heavy atom. The molecular weight excluding hydrogens is 340 g/mol. The van der Waals surface area contributed by atoms with E-state index in [0.717, 1.165) is 18.4 Å². The summed E-state index contributed by atoms with van der Waals surface area (Å²) in [7, 11) is 0. The van der Waals surface area contributed by atoms with E-state index in [9.17, 15) is 9.59 Å². The summed E-state index contributed by atoms with van der Waals surface area (Å²) < 4.78 is 0. The number of carbonyl (C=O) groups is 2. The van der Waals surface area contributed by atoms with Crippen LogP contribution in [0.4, 0.5) is 5.00 Å². The number of nitrogens with zero attached hydrogens (tertiary/aromatic N) is 1. The van der Waals surface area contributed by atoms with Gasteiger partial charge in [0.1, 0.15) is 5.00 Å². The molecule has 3 rings (SSSR count). The van der Waals surface area contributed by atoms with Crippen molar-refractivity contribution in [3.05, 3.63) is 38.4 Å². The molecule has 0 bridgehead atoms. The van der Waals surface area contributed by atoms with Gasteiger partial charge in [0.2, 0.25) is 0 Å². The Labute approximate surface area is 150 Å². The number of carbonyl (C=O) groups excluding carboxylic acids is 2. The van der Waals surface area contributed by atoms with Gasteiger partial charge in [0.05, 0.1) is 10.4 Å². The molecule has 128 valence electrons. The van der Waals surface area contributed by atoms with Gasteiger partial charge in [0.15, 0.2) is 0 Å². The smallest absolute Gasteiger partial charge is 0.266 e. The summed E-state index contributed by atoms with van der Waals surface area (Å²) in [6.45, 7) is 7.53. The van der Waals surface area contributed by atoms with Gasteiger partial charge in [0, 0.05) is 18.0 Å². The molecule has 1 N–H and O–H groups in total. The zero-order chi connectivity index (χ0) is 17.3. The summed E-state index contributed by atoms with van der Waals surface area (Å²) in [5.74, 6) is 0.469. The third kappa shape index (κ3) is 3.13. The van der Waals surface area contributed by atoms with Gasteiger partial charge in [-0.15, -0.1) is 22.7 Å². The fourth-order valence-corrected chi connectivity index (χ4v) is 5.18. The molecule has 1 unspecified atom stereocenters. The average molecular weight is 363 g/mol. The van der Waals surface area contributed by atoms with Gasteiger partial charge in [0.25, 0.3) is 11.8 Å². The van der Waals surface area contributed by atoms with E-state index in [1.54, 1.807) is 17.4 Å². The summed E-state index contributed by atoms with van der Waals surface area (Å²) in [6, 6.07) is 3.66. The quantitative estimate of drug-likeness (QED) is 0.863. The lowest BCUT2D eigenvalue weighted by molar-refractivity contribution is 0.0773. The normalized spacial score (nSPS) is 16.0. The second kappa shape index (κ2) is 7.07. The van der Waals surface area contributed by atoms with Gasteiger partial charge >= 0.3 is 0 Å². The Morgan fingerprint density at radius 1 is 1.29 bits per heavy atom. The molecule has 2 heterocycles. The van der Waals surface area contributed by atoms with E-state index in [1.807, 2.05) is 30.2 Å². The van der Waals surface area contributed by atoms with Gasteiger partial charge in [-0.1, -0.05) is 13.0 Å². The monoisotopic (exact) mass is 362 g/mol. The molecular formula is C18H22N2O2S2. The lowest BCUT2D eigenvalue weighted by Gasteiger charge is -2.20. The maximum Gasteiger partial charge on any atom is 0.266 e. The Kier molecular flexibility index (Phi) is 5.06. The number of anilines is 1. The van der Waals surface area contributed by atoms with Gasteiger partial charge in [-0.25, -0.2) is 0 Å².